The monoisotopic (exact) mass is 499 g/mol. The number of benzene rings is 2. The molecule has 2 aromatic rings. The lowest BCUT2D eigenvalue weighted by molar-refractivity contribution is -0.129. The fourth-order valence-electron chi connectivity index (χ4n) is 4.61. The number of nitrogens with zero attached hydrogens (tertiary/aromatic N) is 2. The largest absolute Gasteiger partial charge is 0.492 e. The summed E-state index contributed by atoms with van der Waals surface area (Å²) in [5.74, 6) is -1.26. The third-order valence-corrected chi connectivity index (χ3v) is 8.69. The normalized spacial score (nSPS) is 19.1. The Kier molecular flexibility index (Phi) is 7.47. The summed E-state index contributed by atoms with van der Waals surface area (Å²) in [5.41, 5.74) is 3.33. The molecule has 0 radical (unpaired) electrons. The van der Waals surface area contributed by atoms with Gasteiger partial charge in [-0.2, -0.15) is 4.31 Å². The van der Waals surface area contributed by atoms with Crippen LogP contribution in [0.1, 0.15) is 43.7 Å². The van der Waals surface area contributed by atoms with E-state index in [1.54, 1.807) is 24.0 Å². The predicted octanol–water partition coefficient (Wildman–Crippen LogP) is 3.87. The van der Waals surface area contributed by atoms with Gasteiger partial charge in [0.2, 0.25) is 21.8 Å². The molecule has 1 N–H and O–H groups in total. The predicted molar refractivity (Wildman–Crippen MR) is 135 cm³/mol. The number of hydrogen-bond acceptors (Lipinski definition) is 5. The van der Waals surface area contributed by atoms with E-state index in [4.69, 9.17) is 4.74 Å². The van der Waals surface area contributed by atoms with E-state index in [9.17, 15) is 18.0 Å². The molecule has 8 nitrogen and oxygen atoms in total. The second kappa shape index (κ2) is 10.4. The van der Waals surface area contributed by atoms with Gasteiger partial charge in [-0.05, 0) is 81.5 Å². The van der Waals surface area contributed by atoms with Crippen LogP contribution in [0.15, 0.2) is 41.3 Å². The topological polar surface area (TPSA) is 96.0 Å². The molecule has 2 aromatic carbocycles. The molecule has 35 heavy (non-hydrogen) atoms. The SMILES string of the molecule is CCOc1ccc(NC(=O)C2CCN(c3ccc(C)c(C)c3)C2=O)cc1S(=O)(=O)N1CCCCC1. The third-order valence-electron chi connectivity index (χ3n) is 6.77. The maximum atomic E-state index is 13.4. The van der Waals surface area contributed by atoms with Crippen molar-refractivity contribution in [3.8, 4) is 5.75 Å². The average molecular weight is 500 g/mol. The summed E-state index contributed by atoms with van der Waals surface area (Å²) in [5, 5.41) is 2.77. The van der Waals surface area contributed by atoms with Crippen molar-refractivity contribution in [3.05, 3.63) is 47.5 Å². The number of carbonyl (C=O) groups excluding carboxylic acids is 2. The summed E-state index contributed by atoms with van der Waals surface area (Å²) < 4.78 is 33.8. The fourth-order valence-corrected chi connectivity index (χ4v) is 6.28. The van der Waals surface area contributed by atoms with Crippen LogP contribution in [0.3, 0.4) is 0 Å². The summed E-state index contributed by atoms with van der Waals surface area (Å²) in [6, 6.07) is 10.4. The number of rotatable bonds is 7. The Labute approximate surface area is 207 Å². The lowest BCUT2D eigenvalue weighted by atomic mass is 10.1. The number of amides is 2. The second-order valence-electron chi connectivity index (χ2n) is 9.15. The van der Waals surface area contributed by atoms with Crippen LogP contribution >= 0.6 is 0 Å². The Balaban J connectivity index is 1.54. The standard InChI is InChI=1S/C26H33N3O5S/c1-4-34-23-11-9-20(17-24(23)35(32,33)28-13-6-5-7-14-28)27-25(30)22-12-15-29(26(22)31)21-10-8-18(2)19(3)16-21/h8-11,16-17,22H,4-7,12-15H2,1-3H3,(H,27,30). The lowest BCUT2D eigenvalue weighted by Gasteiger charge is -2.27. The highest BCUT2D eigenvalue weighted by molar-refractivity contribution is 7.89. The number of piperidine rings is 1. The summed E-state index contributed by atoms with van der Waals surface area (Å²) in [6.45, 7) is 7.50. The minimum atomic E-state index is -3.77. The van der Waals surface area contributed by atoms with E-state index in [2.05, 4.69) is 5.32 Å². The molecule has 2 saturated heterocycles. The van der Waals surface area contributed by atoms with Crippen molar-refractivity contribution in [1.29, 1.82) is 0 Å². The Hall–Kier alpha value is -2.91. The summed E-state index contributed by atoms with van der Waals surface area (Å²) in [7, 11) is -3.77. The fraction of sp³-hybridized carbons (Fsp3) is 0.462. The molecule has 2 aliphatic rings. The Morgan fingerprint density at radius 1 is 1.03 bits per heavy atom. The number of nitrogens with one attached hydrogen (secondary N) is 1. The van der Waals surface area contributed by atoms with Gasteiger partial charge >= 0.3 is 0 Å². The first-order chi connectivity index (χ1) is 16.7. The molecule has 2 heterocycles. The summed E-state index contributed by atoms with van der Waals surface area (Å²) in [6.07, 6.45) is 3.05. The van der Waals surface area contributed by atoms with E-state index < -0.39 is 21.8 Å². The number of ether oxygens (including phenoxy) is 1. The van der Waals surface area contributed by atoms with Gasteiger partial charge in [0.05, 0.1) is 6.61 Å². The van der Waals surface area contributed by atoms with Gasteiger partial charge < -0.3 is 15.0 Å². The number of hydrogen-bond donors (Lipinski definition) is 1. The zero-order chi connectivity index (χ0) is 25.2. The Morgan fingerprint density at radius 3 is 2.46 bits per heavy atom. The van der Waals surface area contributed by atoms with Crippen LogP contribution in [0.4, 0.5) is 11.4 Å². The molecule has 2 fully saturated rings. The molecule has 1 atom stereocenters. The van der Waals surface area contributed by atoms with Gasteiger partial charge in [0, 0.05) is 31.0 Å². The highest BCUT2D eigenvalue weighted by Gasteiger charge is 2.38. The molecule has 0 aromatic heterocycles. The molecule has 1 unspecified atom stereocenters. The molecular weight excluding hydrogens is 466 g/mol. The molecule has 0 bridgehead atoms. The van der Waals surface area contributed by atoms with Crippen molar-refractivity contribution >= 4 is 33.2 Å². The first kappa shape index (κ1) is 25.2. The first-order valence-electron chi connectivity index (χ1n) is 12.2. The van der Waals surface area contributed by atoms with Gasteiger partial charge in [-0.15, -0.1) is 0 Å². The van der Waals surface area contributed by atoms with Gasteiger partial charge in [-0.1, -0.05) is 12.5 Å². The molecule has 4 rings (SSSR count). The smallest absolute Gasteiger partial charge is 0.246 e. The van der Waals surface area contributed by atoms with Crippen molar-refractivity contribution in [2.75, 3.05) is 36.5 Å². The Morgan fingerprint density at radius 2 is 1.77 bits per heavy atom. The molecule has 0 saturated carbocycles. The molecule has 2 amide bonds. The van der Waals surface area contributed by atoms with Crippen molar-refractivity contribution in [2.45, 2.75) is 51.3 Å². The number of sulfonamides is 1. The minimum absolute atomic E-state index is 0.0357. The highest BCUT2D eigenvalue weighted by Crippen LogP contribution is 2.32. The van der Waals surface area contributed by atoms with Gasteiger partial charge in [0.15, 0.2) is 0 Å². The maximum absolute atomic E-state index is 13.4. The molecule has 0 aliphatic carbocycles. The molecule has 0 spiro atoms. The van der Waals surface area contributed by atoms with Crippen LogP contribution in [0.5, 0.6) is 5.75 Å². The van der Waals surface area contributed by atoms with Gasteiger partial charge in [-0.3, -0.25) is 9.59 Å². The number of aryl methyl sites for hydroxylation is 2. The number of anilines is 2. The van der Waals surface area contributed by atoms with Crippen molar-refractivity contribution in [2.24, 2.45) is 5.92 Å². The van der Waals surface area contributed by atoms with Gasteiger partial charge in [-0.25, -0.2) is 8.42 Å². The zero-order valence-corrected chi connectivity index (χ0v) is 21.4. The second-order valence-corrected chi connectivity index (χ2v) is 11.1. The minimum Gasteiger partial charge on any atom is -0.492 e. The third kappa shape index (κ3) is 5.21. The van der Waals surface area contributed by atoms with E-state index in [1.807, 2.05) is 32.0 Å². The quantitative estimate of drug-likeness (QED) is 0.584. The van der Waals surface area contributed by atoms with Crippen molar-refractivity contribution in [1.82, 2.24) is 4.31 Å². The van der Waals surface area contributed by atoms with Crippen LogP contribution < -0.4 is 15.0 Å². The van der Waals surface area contributed by atoms with E-state index in [0.717, 1.165) is 36.1 Å². The summed E-state index contributed by atoms with van der Waals surface area (Å²) in [4.78, 5) is 27.8. The van der Waals surface area contributed by atoms with Crippen molar-refractivity contribution in [3.63, 3.8) is 0 Å². The maximum Gasteiger partial charge on any atom is 0.246 e. The number of carbonyl (C=O) groups is 2. The molecule has 2 aliphatic heterocycles. The van der Waals surface area contributed by atoms with Crippen LogP contribution in [0.25, 0.3) is 0 Å². The van der Waals surface area contributed by atoms with E-state index >= 15 is 0 Å². The highest BCUT2D eigenvalue weighted by atomic mass is 32.2. The van der Waals surface area contributed by atoms with Crippen LogP contribution in [-0.4, -0.2) is 50.8 Å². The van der Waals surface area contributed by atoms with E-state index in [-0.39, 0.29) is 16.6 Å². The molecule has 188 valence electrons. The van der Waals surface area contributed by atoms with Crippen LogP contribution in [0.2, 0.25) is 0 Å². The van der Waals surface area contributed by atoms with E-state index in [1.165, 1.54) is 10.4 Å². The van der Waals surface area contributed by atoms with Crippen molar-refractivity contribution < 1.29 is 22.7 Å². The van der Waals surface area contributed by atoms with E-state index in [0.29, 0.717) is 38.3 Å². The average Bonchev–Trinajstić information content (AvgIpc) is 3.24. The molecule has 9 heteroatoms. The lowest BCUT2D eigenvalue weighted by Crippen LogP contribution is -2.36. The van der Waals surface area contributed by atoms with Crippen LogP contribution in [0, 0.1) is 19.8 Å². The Bertz CT molecular complexity index is 1220. The van der Waals surface area contributed by atoms with Crippen LogP contribution in [-0.2, 0) is 19.6 Å². The summed E-state index contributed by atoms with van der Waals surface area (Å²) >= 11 is 0. The molecular formula is C26H33N3O5S. The van der Waals surface area contributed by atoms with Gasteiger partial charge in [0.25, 0.3) is 0 Å². The zero-order valence-electron chi connectivity index (χ0n) is 20.5. The van der Waals surface area contributed by atoms with Gasteiger partial charge in [0.1, 0.15) is 16.6 Å². The first-order valence-corrected chi connectivity index (χ1v) is 13.6.